The van der Waals surface area contributed by atoms with Crippen LogP contribution in [0.25, 0.3) is 11.1 Å². The quantitative estimate of drug-likeness (QED) is 0.0238. The lowest BCUT2D eigenvalue weighted by molar-refractivity contribution is -0.197. The van der Waals surface area contributed by atoms with Crippen LogP contribution in [0.3, 0.4) is 0 Å². The summed E-state index contributed by atoms with van der Waals surface area (Å²) >= 11 is 0. The largest absolute Gasteiger partial charge is 0.507 e. The lowest BCUT2D eigenvalue weighted by atomic mass is 9.83. The van der Waals surface area contributed by atoms with E-state index in [0.29, 0.717) is 180 Å². The van der Waals surface area contributed by atoms with Gasteiger partial charge in [-0.15, -0.1) is 5.06 Å². The van der Waals surface area contributed by atoms with Crippen molar-refractivity contribution in [3.63, 3.8) is 0 Å². The molecular formula is C62H87N3O18S. The molecule has 2 heterocycles. The molecule has 0 radical (unpaired) electrons. The molecule has 0 unspecified atom stereocenters. The first-order valence-corrected chi connectivity index (χ1v) is 30.0. The minimum atomic E-state index is -4.52. The zero-order chi connectivity index (χ0) is 60.6. The average molecular weight is 1190 g/mol. The highest BCUT2D eigenvalue weighted by atomic mass is 32.2. The van der Waals surface area contributed by atoms with Gasteiger partial charge in [0.05, 0.1) is 124 Å². The molecule has 1 saturated heterocycles. The summed E-state index contributed by atoms with van der Waals surface area (Å²) in [6.07, 6.45) is 7.44. The van der Waals surface area contributed by atoms with E-state index in [0.717, 1.165) is 33.8 Å². The second kappa shape index (κ2) is 37.5. The average Bonchev–Trinajstić information content (AvgIpc) is 2.43. The zero-order valence-electron chi connectivity index (χ0n) is 49.6. The summed E-state index contributed by atoms with van der Waals surface area (Å²) < 4.78 is 90.2. The van der Waals surface area contributed by atoms with Crippen molar-refractivity contribution in [2.24, 2.45) is 0 Å². The van der Waals surface area contributed by atoms with E-state index in [-0.39, 0.29) is 29.9 Å². The topological polar surface area (TPSA) is 237 Å². The Balaban J connectivity index is 1.32. The van der Waals surface area contributed by atoms with Crippen molar-refractivity contribution in [1.82, 2.24) is 5.06 Å². The van der Waals surface area contributed by atoms with Gasteiger partial charge in [0.25, 0.3) is 21.9 Å². The van der Waals surface area contributed by atoms with Crippen LogP contribution in [0.5, 0.6) is 5.75 Å². The van der Waals surface area contributed by atoms with Crippen LogP contribution in [-0.4, -0.2) is 194 Å². The Kier molecular flexibility index (Phi) is 30.8. The number of benzene rings is 3. The molecule has 464 valence electrons. The number of aromatic hydroxyl groups is 1. The number of methoxy groups -OCH3 is 2. The maximum atomic E-state index is 12.6. The Morgan fingerprint density at radius 1 is 0.679 bits per heavy atom. The number of unbranched alkanes of at least 4 members (excludes halogenated alkanes) is 2. The second-order valence-corrected chi connectivity index (χ2v) is 21.6. The molecule has 22 heteroatoms. The van der Waals surface area contributed by atoms with Crippen molar-refractivity contribution in [1.29, 1.82) is 0 Å². The van der Waals surface area contributed by atoms with E-state index in [9.17, 15) is 32.5 Å². The number of phenolic OH excluding ortho intramolecular Hbond substituents is 1. The first kappa shape index (κ1) is 68.9. The molecule has 1 fully saturated rings. The molecule has 2 amide bonds. The first-order chi connectivity index (χ1) is 40.6. The van der Waals surface area contributed by atoms with Gasteiger partial charge in [-0.1, -0.05) is 69.3 Å². The molecule has 0 aliphatic carbocycles. The smallest absolute Gasteiger partial charge is 0.333 e. The molecule has 3 aromatic carbocycles. The predicted octanol–water partition coefficient (Wildman–Crippen LogP) is 7.76. The molecular weight excluding hydrogens is 1110 g/mol. The zero-order valence-corrected chi connectivity index (χ0v) is 50.4. The van der Waals surface area contributed by atoms with E-state index < -0.39 is 33.3 Å². The highest BCUT2D eigenvalue weighted by Gasteiger charge is 2.40. The minimum Gasteiger partial charge on any atom is -0.507 e. The number of rotatable bonds is 44. The summed E-state index contributed by atoms with van der Waals surface area (Å²) in [6, 6.07) is 19.9. The number of imide groups is 1. The van der Waals surface area contributed by atoms with E-state index in [1.54, 1.807) is 26.4 Å². The van der Waals surface area contributed by atoms with E-state index in [1.807, 2.05) is 81.5 Å². The summed E-state index contributed by atoms with van der Waals surface area (Å²) in [7, 11) is -1.27. The number of ether oxygens (including phenoxy) is 10. The highest BCUT2D eigenvalue weighted by molar-refractivity contribution is 7.85. The fraction of sp³-hybridized carbons (Fsp3) is 0.532. The predicted molar refractivity (Wildman–Crippen MR) is 318 cm³/mol. The molecule has 0 spiro atoms. The van der Waals surface area contributed by atoms with Gasteiger partial charge in [-0.3, -0.25) is 14.1 Å². The molecule has 0 saturated carbocycles. The third-order valence-electron chi connectivity index (χ3n) is 13.9. The van der Waals surface area contributed by atoms with E-state index in [2.05, 4.69) is 16.4 Å². The first-order valence-electron chi connectivity index (χ1n) is 28.6. The van der Waals surface area contributed by atoms with Crippen LogP contribution in [0.2, 0.25) is 0 Å². The van der Waals surface area contributed by atoms with Gasteiger partial charge in [0, 0.05) is 87.2 Å². The normalized spacial score (nSPS) is 15.0. The number of anilines is 2. The number of phenols is 1. The van der Waals surface area contributed by atoms with Crippen molar-refractivity contribution in [2.75, 3.05) is 163 Å². The molecule has 0 aromatic heterocycles. The van der Waals surface area contributed by atoms with Crippen LogP contribution >= 0.6 is 0 Å². The number of hydroxylamine groups is 2. The van der Waals surface area contributed by atoms with Crippen molar-refractivity contribution in [3.05, 3.63) is 119 Å². The number of carbonyl (C=O) groups excluding carboxylic acids is 3. The van der Waals surface area contributed by atoms with E-state index in [4.69, 9.17) is 52.2 Å². The molecule has 2 aliphatic rings. The van der Waals surface area contributed by atoms with Crippen LogP contribution in [0, 0.1) is 0 Å². The number of fused-ring (bicyclic) bond motifs is 1. The van der Waals surface area contributed by atoms with Gasteiger partial charge in [-0.2, -0.15) is 8.42 Å². The van der Waals surface area contributed by atoms with Crippen LogP contribution in [-0.2, 0) is 82.1 Å². The van der Waals surface area contributed by atoms with Crippen molar-refractivity contribution >= 4 is 50.4 Å². The summed E-state index contributed by atoms with van der Waals surface area (Å²) in [5.74, 6) is -1.72. The fourth-order valence-electron chi connectivity index (χ4n) is 9.22. The lowest BCUT2D eigenvalue weighted by Crippen LogP contribution is -2.32. The van der Waals surface area contributed by atoms with Gasteiger partial charge in [-0.25, -0.2) is 4.79 Å². The number of hydrogen-bond donors (Lipinski definition) is 2. The SMILES string of the molecule is C=C(/C(C)=C(/C=C/C=C1\N(CCCCCC(=O)ON2C(=O)CCC2=O)c2ccc(S(=O)(=O)O)cc2C1(C)C)c1ccc(N(CCOCCOCCOCCOCCOC)CCOCCOCCOCCOCCOC)cc1O)c1ccccc1. The molecule has 0 atom stereocenters. The molecule has 2 N–H and O–H groups in total. The summed E-state index contributed by atoms with van der Waals surface area (Å²) in [4.78, 5) is 45.5. The Morgan fingerprint density at radius 3 is 1.69 bits per heavy atom. The van der Waals surface area contributed by atoms with Crippen molar-refractivity contribution < 1.29 is 84.7 Å². The van der Waals surface area contributed by atoms with E-state index in [1.165, 1.54) is 12.1 Å². The van der Waals surface area contributed by atoms with Crippen molar-refractivity contribution in [3.8, 4) is 5.75 Å². The summed E-state index contributed by atoms with van der Waals surface area (Å²) in [5, 5.41) is 12.6. The number of amides is 2. The standard InChI is InChI=1S/C62H87N3O18S/c1-48(50-14-9-7-10-15-50)49(2)53(16-13-17-58-62(3,4)55-47-52(84(70,71)72)20-22-56(55)64(58)25-12-8-11-18-61(69)83-65-59(67)23-24-60(65)68)54-21-19-51(46-57(54)66)63(26-28-75-34-36-79-42-44-81-40-38-77-32-30-73-5)27-29-76-35-37-80-43-45-82-41-39-78-33-31-74-6/h7,9-10,13-17,19-22,46-47,66H,1,8,11-12,18,23-45H2,2-6H3,(H,70,71,72)/b16-13+,53-49-,58-17-. The summed E-state index contributed by atoms with van der Waals surface area (Å²) in [6.45, 7) is 19.8. The minimum absolute atomic E-state index is 0.00259. The monoisotopic (exact) mass is 1190 g/mol. The van der Waals surface area contributed by atoms with Gasteiger partial charge >= 0.3 is 5.97 Å². The number of nitrogens with zero attached hydrogens (tertiary/aromatic N) is 3. The Hall–Kier alpha value is -5.86. The van der Waals surface area contributed by atoms with E-state index >= 15 is 0 Å². The van der Waals surface area contributed by atoms with Gasteiger partial charge in [0.15, 0.2) is 0 Å². The fourth-order valence-corrected chi connectivity index (χ4v) is 9.73. The lowest BCUT2D eigenvalue weighted by Gasteiger charge is -2.27. The van der Waals surface area contributed by atoms with Crippen LogP contribution < -0.4 is 9.80 Å². The number of allylic oxidation sites excluding steroid dienone is 7. The Morgan fingerprint density at radius 2 is 1.19 bits per heavy atom. The Labute approximate surface area is 495 Å². The van der Waals surface area contributed by atoms with Gasteiger partial charge < -0.3 is 67.1 Å². The highest BCUT2D eigenvalue weighted by Crippen LogP contribution is 2.49. The van der Waals surface area contributed by atoms with Crippen LogP contribution in [0.15, 0.2) is 108 Å². The van der Waals surface area contributed by atoms with Gasteiger partial charge in [-0.05, 0) is 84.0 Å². The van der Waals surface area contributed by atoms with Crippen LogP contribution in [0.4, 0.5) is 11.4 Å². The molecule has 3 aromatic rings. The number of hydrogen-bond acceptors (Lipinski definition) is 19. The molecule has 21 nitrogen and oxygen atoms in total. The third-order valence-corrected chi connectivity index (χ3v) is 14.7. The molecule has 5 rings (SSSR count). The molecule has 2 aliphatic heterocycles. The van der Waals surface area contributed by atoms with Crippen molar-refractivity contribution in [2.45, 2.75) is 69.6 Å². The molecule has 84 heavy (non-hydrogen) atoms. The van der Waals surface area contributed by atoms with Crippen LogP contribution in [0.1, 0.15) is 76.0 Å². The third kappa shape index (κ3) is 22.9. The number of carbonyl (C=O) groups is 3. The van der Waals surface area contributed by atoms with Gasteiger partial charge in [0.1, 0.15) is 5.75 Å². The van der Waals surface area contributed by atoms with Gasteiger partial charge in [0.2, 0.25) is 0 Å². The second-order valence-electron chi connectivity index (χ2n) is 20.2. The molecule has 0 bridgehead atoms. The maximum Gasteiger partial charge on any atom is 0.333 e. The maximum absolute atomic E-state index is 12.6. The Bertz CT molecular complexity index is 2680. The summed E-state index contributed by atoms with van der Waals surface area (Å²) in [5.41, 5.74) is 5.97.